The van der Waals surface area contributed by atoms with Gasteiger partial charge in [-0.3, -0.25) is 4.79 Å². The number of hydrogen-bond acceptors (Lipinski definition) is 1. The minimum atomic E-state index is -0.697. The van der Waals surface area contributed by atoms with Crippen LogP contribution in [-0.4, -0.2) is 11.1 Å². The summed E-state index contributed by atoms with van der Waals surface area (Å²) in [5, 5.41) is 8.56. The Morgan fingerprint density at radius 1 is 1.12 bits per heavy atom. The zero-order valence-electron chi connectivity index (χ0n) is 10.3. The van der Waals surface area contributed by atoms with E-state index in [0.29, 0.717) is 0 Å². The highest BCUT2D eigenvalue weighted by Crippen LogP contribution is 2.18. The molecule has 2 nitrogen and oxygen atoms in total. The van der Waals surface area contributed by atoms with Gasteiger partial charge in [0, 0.05) is 6.42 Å². The summed E-state index contributed by atoms with van der Waals surface area (Å²) in [4.78, 5) is 10.4. The third-order valence-corrected chi connectivity index (χ3v) is 2.91. The molecule has 88 valence electrons. The first-order valence-corrected chi connectivity index (χ1v) is 5.79. The topological polar surface area (TPSA) is 37.3 Å². The van der Waals surface area contributed by atoms with E-state index in [4.69, 9.17) is 5.11 Å². The second kappa shape index (κ2) is 5.69. The zero-order valence-corrected chi connectivity index (χ0v) is 10.3. The molecule has 1 aromatic carbocycles. The Bertz CT molecular complexity index is 357. The van der Waals surface area contributed by atoms with Gasteiger partial charge in [-0.2, -0.15) is 0 Å². The van der Waals surface area contributed by atoms with Crippen LogP contribution in [0.25, 0.3) is 0 Å². The number of carboxylic acids is 1. The van der Waals surface area contributed by atoms with Crippen molar-refractivity contribution in [3.63, 3.8) is 0 Å². The average Bonchev–Trinajstić information content (AvgIpc) is 2.14. The number of carboxylic acid groups (broad SMARTS) is 1. The van der Waals surface area contributed by atoms with Crippen molar-refractivity contribution in [1.82, 2.24) is 0 Å². The third kappa shape index (κ3) is 3.69. The van der Waals surface area contributed by atoms with E-state index in [-0.39, 0.29) is 6.42 Å². The number of aliphatic carboxylic acids is 1. The molecule has 0 amide bonds. The van der Waals surface area contributed by atoms with Crippen LogP contribution in [0.1, 0.15) is 41.5 Å². The smallest absolute Gasteiger partial charge is 0.303 e. The molecule has 0 aliphatic carbocycles. The fourth-order valence-corrected chi connectivity index (χ4v) is 2.18. The molecule has 0 unspecified atom stereocenters. The predicted octanol–water partition coefficient (Wildman–Crippen LogP) is 3.41. The fraction of sp³-hybridized carbons (Fsp3) is 0.500. The van der Waals surface area contributed by atoms with Crippen LogP contribution in [0.3, 0.4) is 0 Å². The van der Waals surface area contributed by atoms with Crippen LogP contribution in [0.15, 0.2) is 12.1 Å². The van der Waals surface area contributed by atoms with Gasteiger partial charge in [0.25, 0.3) is 0 Å². The van der Waals surface area contributed by atoms with Gasteiger partial charge in [-0.25, -0.2) is 0 Å². The van der Waals surface area contributed by atoms with Gasteiger partial charge < -0.3 is 5.11 Å². The van der Waals surface area contributed by atoms with Crippen molar-refractivity contribution < 1.29 is 9.90 Å². The Labute approximate surface area is 97.3 Å². The fourth-order valence-electron chi connectivity index (χ4n) is 2.18. The molecule has 0 saturated carbocycles. The zero-order chi connectivity index (χ0) is 12.1. The maximum Gasteiger partial charge on any atom is 0.303 e. The monoisotopic (exact) mass is 220 g/mol. The standard InChI is InChI=1S/C14H20O2/c1-10-8-11(2)13(12(3)9-10)6-4-5-7-14(15)16/h8-9H,4-7H2,1-3H3,(H,15,16). The summed E-state index contributed by atoms with van der Waals surface area (Å²) < 4.78 is 0. The van der Waals surface area contributed by atoms with E-state index >= 15 is 0 Å². The molecule has 1 aromatic rings. The van der Waals surface area contributed by atoms with Gasteiger partial charge in [-0.15, -0.1) is 0 Å². The van der Waals surface area contributed by atoms with E-state index in [2.05, 4.69) is 32.9 Å². The Hall–Kier alpha value is -1.31. The molecule has 0 heterocycles. The van der Waals surface area contributed by atoms with Crippen LogP contribution in [0.4, 0.5) is 0 Å². The van der Waals surface area contributed by atoms with Gasteiger partial charge in [0.2, 0.25) is 0 Å². The summed E-state index contributed by atoms with van der Waals surface area (Å²) in [6, 6.07) is 4.39. The lowest BCUT2D eigenvalue weighted by atomic mass is 9.95. The minimum absolute atomic E-state index is 0.282. The summed E-state index contributed by atoms with van der Waals surface area (Å²) in [7, 11) is 0. The quantitative estimate of drug-likeness (QED) is 0.772. The molecule has 1 rings (SSSR count). The Morgan fingerprint density at radius 3 is 2.19 bits per heavy atom. The number of unbranched alkanes of at least 4 members (excludes halogenated alkanes) is 1. The SMILES string of the molecule is Cc1cc(C)c(CCCCC(=O)O)c(C)c1. The minimum Gasteiger partial charge on any atom is -0.481 e. The van der Waals surface area contributed by atoms with E-state index in [0.717, 1.165) is 19.3 Å². The van der Waals surface area contributed by atoms with Gasteiger partial charge >= 0.3 is 5.97 Å². The molecule has 16 heavy (non-hydrogen) atoms. The first-order chi connectivity index (χ1) is 7.50. The Morgan fingerprint density at radius 2 is 1.69 bits per heavy atom. The Balaban J connectivity index is 2.57. The maximum atomic E-state index is 10.4. The summed E-state index contributed by atoms with van der Waals surface area (Å²) in [5.41, 5.74) is 5.33. The highest BCUT2D eigenvalue weighted by Gasteiger charge is 2.04. The van der Waals surface area contributed by atoms with E-state index in [1.165, 1.54) is 22.3 Å². The van der Waals surface area contributed by atoms with E-state index in [1.807, 2.05) is 0 Å². The predicted molar refractivity (Wildman–Crippen MR) is 65.8 cm³/mol. The van der Waals surface area contributed by atoms with Gasteiger partial charge in [0.1, 0.15) is 0 Å². The van der Waals surface area contributed by atoms with Crippen molar-refractivity contribution in [2.24, 2.45) is 0 Å². The summed E-state index contributed by atoms with van der Waals surface area (Å²) in [6.07, 6.45) is 2.99. The molecule has 0 aliphatic rings. The van der Waals surface area contributed by atoms with Crippen molar-refractivity contribution in [2.75, 3.05) is 0 Å². The molecule has 0 bridgehead atoms. The van der Waals surface area contributed by atoms with Gasteiger partial charge in [0.15, 0.2) is 0 Å². The van der Waals surface area contributed by atoms with Crippen molar-refractivity contribution >= 4 is 5.97 Å². The number of rotatable bonds is 5. The van der Waals surface area contributed by atoms with Crippen LogP contribution in [0.2, 0.25) is 0 Å². The van der Waals surface area contributed by atoms with Crippen LogP contribution in [-0.2, 0) is 11.2 Å². The second-order valence-electron chi connectivity index (χ2n) is 4.48. The molecular formula is C14H20O2. The number of hydrogen-bond donors (Lipinski definition) is 1. The normalized spacial score (nSPS) is 10.4. The summed E-state index contributed by atoms with van der Waals surface area (Å²) in [5.74, 6) is -0.697. The van der Waals surface area contributed by atoms with Crippen LogP contribution < -0.4 is 0 Å². The molecule has 0 fully saturated rings. The second-order valence-corrected chi connectivity index (χ2v) is 4.48. The molecule has 0 spiro atoms. The molecule has 0 saturated heterocycles. The lowest BCUT2D eigenvalue weighted by Gasteiger charge is -2.10. The van der Waals surface area contributed by atoms with Crippen molar-refractivity contribution in [1.29, 1.82) is 0 Å². The number of benzene rings is 1. The number of aryl methyl sites for hydroxylation is 3. The van der Waals surface area contributed by atoms with Crippen molar-refractivity contribution in [3.05, 3.63) is 34.4 Å². The lowest BCUT2D eigenvalue weighted by Crippen LogP contribution is -1.98. The molecular weight excluding hydrogens is 200 g/mol. The van der Waals surface area contributed by atoms with E-state index < -0.39 is 5.97 Å². The summed E-state index contributed by atoms with van der Waals surface area (Å²) in [6.45, 7) is 6.37. The first-order valence-electron chi connectivity index (χ1n) is 5.79. The molecule has 0 atom stereocenters. The van der Waals surface area contributed by atoms with Crippen LogP contribution in [0.5, 0.6) is 0 Å². The van der Waals surface area contributed by atoms with Crippen LogP contribution >= 0.6 is 0 Å². The molecule has 1 N–H and O–H groups in total. The van der Waals surface area contributed by atoms with Gasteiger partial charge in [0.05, 0.1) is 0 Å². The maximum absolute atomic E-state index is 10.4. The average molecular weight is 220 g/mol. The van der Waals surface area contributed by atoms with Gasteiger partial charge in [-0.05, 0) is 56.7 Å². The highest BCUT2D eigenvalue weighted by molar-refractivity contribution is 5.66. The summed E-state index contributed by atoms with van der Waals surface area (Å²) >= 11 is 0. The number of carbonyl (C=O) groups is 1. The molecule has 0 aliphatic heterocycles. The molecule has 0 radical (unpaired) electrons. The van der Waals surface area contributed by atoms with E-state index in [1.54, 1.807) is 0 Å². The van der Waals surface area contributed by atoms with Gasteiger partial charge in [-0.1, -0.05) is 17.7 Å². The third-order valence-electron chi connectivity index (χ3n) is 2.91. The van der Waals surface area contributed by atoms with Crippen molar-refractivity contribution in [2.45, 2.75) is 46.5 Å². The molecule has 2 heteroatoms. The largest absolute Gasteiger partial charge is 0.481 e. The molecule has 0 aromatic heterocycles. The lowest BCUT2D eigenvalue weighted by molar-refractivity contribution is -0.137. The van der Waals surface area contributed by atoms with Crippen molar-refractivity contribution in [3.8, 4) is 0 Å². The van der Waals surface area contributed by atoms with Crippen LogP contribution in [0, 0.1) is 20.8 Å². The Kier molecular flexibility index (Phi) is 4.53. The van der Waals surface area contributed by atoms with E-state index in [9.17, 15) is 4.79 Å². The highest BCUT2D eigenvalue weighted by atomic mass is 16.4. The first kappa shape index (κ1) is 12.8.